The highest BCUT2D eigenvalue weighted by Gasteiger charge is 2.58. The maximum absolute atomic E-state index is 16.0. The number of furan rings is 1. The Labute approximate surface area is 148 Å². The van der Waals surface area contributed by atoms with Gasteiger partial charge in [0.1, 0.15) is 11.7 Å². The minimum Gasteiger partial charge on any atom is -0.469 e. The Kier molecular flexibility index (Phi) is 5.86. The molecule has 0 N–H and O–H groups in total. The lowest BCUT2D eigenvalue weighted by molar-refractivity contribution is -0.485. The van der Waals surface area contributed by atoms with Crippen molar-refractivity contribution < 1.29 is 28.1 Å². The van der Waals surface area contributed by atoms with Gasteiger partial charge in [-0.3, -0.25) is 14.9 Å². The van der Waals surface area contributed by atoms with Crippen LogP contribution in [0.1, 0.15) is 35.9 Å². The van der Waals surface area contributed by atoms with E-state index in [1.165, 1.54) is 56.5 Å². The molecule has 0 aliphatic rings. The second kappa shape index (κ2) is 7.90. The van der Waals surface area contributed by atoms with Gasteiger partial charge in [0, 0.05) is 10.5 Å². The van der Waals surface area contributed by atoms with Gasteiger partial charge < -0.3 is 9.15 Å². The average molecular weight is 363 g/mol. The Morgan fingerprint density at radius 3 is 2.38 bits per heavy atom. The zero-order valence-electron chi connectivity index (χ0n) is 14.3. The fraction of sp³-hybridized carbons (Fsp3) is 0.333. The van der Waals surface area contributed by atoms with Crippen molar-refractivity contribution in [1.82, 2.24) is 0 Å². The van der Waals surface area contributed by atoms with Crippen LogP contribution < -0.4 is 0 Å². The van der Waals surface area contributed by atoms with Crippen LogP contribution in [0.2, 0.25) is 0 Å². The largest absolute Gasteiger partial charge is 0.469 e. The Bertz CT molecular complexity index is 774. The van der Waals surface area contributed by atoms with Crippen LogP contribution >= 0.6 is 0 Å². The van der Waals surface area contributed by atoms with Crippen LogP contribution in [0, 0.1) is 10.1 Å². The van der Waals surface area contributed by atoms with E-state index in [0.29, 0.717) is 0 Å². The minimum atomic E-state index is -3.31. The Hall–Kier alpha value is -3.03. The van der Waals surface area contributed by atoms with E-state index < -0.39 is 40.9 Å². The number of rotatable bonds is 8. The summed E-state index contributed by atoms with van der Waals surface area (Å²) in [5, 5.41) is 11.1. The van der Waals surface area contributed by atoms with Crippen molar-refractivity contribution in [2.24, 2.45) is 0 Å². The van der Waals surface area contributed by atoms with Crippen LogP contribution in [0.25, 0.3) is 0 Å². The van der Waals surface area contributed by atoms with E-state index in [-0.39, 0.29) is 11.3 Å². The fourth-order valence-electron chi connectivity index (χ4n) is 2.54. The third kappa shape index (κ3) is 3.96. The number of carbonyl (C=O) groups excluding carboxylic acids is 2. The van der Waals surface area contributed by atoms with Gasteiger partial charge in [-0.05, 0) is 26.0 Å². The second-order valence-corrected chi connectivity index (χ2v) is 5.94. The summed E-state index contributed by atoms with van der Waals surface area (Å²) in [5.41, 5.74) is -3.41. The topological polar surface area (TPSA) is 99.7 Å². The molecule has 0 spiro atoms. The quantitative estimate of drug-likeness (QED) is 0.235. The summed E-state index contributed by atoms with van der Waals surface area (Å²) in [6.45, 7) is 1.96. The summed E-state index contributed by atoms with van der Waals surface area (Å²) < 4.78 is 26.0. The third-order valence-electron chi connectivity index (χ3n) is 3.70. The summed E-state index contributed by atoms with van der Waals surface area (Å²) in [6.07, 6.45) is 0.470. The predicted molar refractivity (Wildman–Crippen MR) is 89.1 cm³/mol. The average Bonchev–Trinajstić information content (AvgIpc) is 3.12. The van der Waals surface area contributed by atoms with Gasteiger partial charge in [-0.2, -0.15) is 0 Å². The molecule has 2 atom stereocenters. The molecule has 138 valence electrons. The van der Waals surface area contributed by atoms with Crippen LogP contribution in [-0.4, -0.2) is 35.0 Å². The first-order chi connectivity index (χ1) is 12.3. The number of alkyl halides is 1. The highest BCUT2D eigenvalue weighted by Crippen LogP contribution is 2.37. The first kappa shape index (κ1) is 19.3. The summed E-state index contributed by atoms with van der Waals surface area (Å²) in [6, 6.07) is 9.93. The molecule has 0 radical (unpaired) electrons. The van der Waals surface area contributed by atoms with Crippen molar-refractivity contribution in [1.29, 1.82) is 0 Å². The molecular formula is C18H18FNO6. The Morgan fingerprint density at radius 1 is 1.23 bits per heavy atom. The highest BCUT2D eigenvalue weighted by atomic mass is 19.1. The molecule has 0 saturated carbocycles. The molecule has 0 fully saturated rings. The number of carbonyl (C=O) groups is 2. The number of Topliss-reactive ketones (excluding diaryl/α,β-unsaturated/α-hetero) is 1. The summed E-state index contributed by atoms with van der Waals surface area (Å²) in [5.74, 6) is -4.66. The van der Waals surface area contributed by atoms with Gasteiger partial charge in [0.25, 0.3) is 5.67 Å². The summed E-state index contributed by atoms with van der Waals surface area (Å²) in [7, 11) is 0. The van der Waals surface area contributed by atoms with Crippen LogP contribution in [0.15, 0.2) is 53.1 Å². The number of halogens is 1. The van der Waals surface area contributed by atoms with E-state index in [0.717, 1.165) is 0 Å². The van der Waals surface area contributed by atoms with Crippen LogP contribution in [-0.2, 0) is 9.53 Å². The molecule has 0 aliphatic heterocycles. The number of hydrogen-bond donors (Lipinski definition) is 0. The van der Waals surface area contributed by atoms with Gasteiger partial charge in [0.15, 0.2) is 0 Å². The second-order valence-electron chi connectivity index (χ2n) is 5.94. The maximum Gasteiger partial charge on any atom is 0.353 e. The molecule has 0 aliphatic carbocycles. The van der Waals surface area contributed by atoms with Crippen LogP contribution in [0.3, 0.4) is 0 Å². The first-order valence-electron chi connectivity index (χ1n) is 7.91. The van der Waals surface area contributed by atoms with Gasteiger partial charge in [0.2, 0.25) is 12.3 Å². The monoisotopic (exact) mass is 363 g/mol. The molecular weight excluding hydrogens is 345 g/mol. The van der Waals surface area contributed by atoms with E-state index in [1.807, 2.05) is 0 Å². The molecule has 26 heavy (non-hydrogen) atoms. The molecule has 1 aromatic carbocycles. The molecule has 1 heterocycles. The molecule has 0 amide bonds. The fourth-order valence-corrected chi connectivity index (χ4v) is 2.54. The lowest BCUT2D eigenvalue weighted by Gasteiger charge is -2.28. The number of benzene rings is 1. The number of hydrogen-bond acceptors (Lipinski definition) is 6. The zero-order chi connectivity index (χ0) is 19.3. The predicted octanol–water partition coefficient (Wildman–Crippen LogP) is 3.18. The van der Waals surface area contributed by atoms with Crippen molar-refractivity contribution in [2.45, 2.75) is 31.5 Å². The standard InChI is InChI=1S/C18H18FNO6/c1-12(2)26-17(22)18(19,16(21)13-7-4-3-5-8-13)14(11-20(23)24)15-9-6-10-25-15/h3-10,12,14H,11H2,1-2H3/t14-,18-/m0/s1. The Morgan fingerprint density at radius 2 is 1.88 bits per heavy atom. The molecule has 8 heteroatoms. The van der Waals surface area contributed by atoms with E-state index in [4.69, 9.17) is 9.15 Å². The first-order valence-corrected chi connectivity index (χ1v) is 7.91. The molecule has 0 unspecified atom stereocenters. The van der Waals surface area contributed by atoms with Crippen molar-refractivity contribution in [2.75, 3.05) is 6.54 Å². The van der Waals surface area contributed by atoms with Crippen LogP contribution in [0.5, 0.6) is 0 Å². The van der Waals surface area contributed by atoms with Gasteiger partial charge in [-0.15, -0.1) is 0 Å². The lowest BCUT2D eigenvalue weighted by Crippen LogP contribution is -2.51. The van der Waals surface area contributed by atoms with Gasteiger partial charge in [-0.25, -0.2) is 9.18 Å². The summed E-state index contributed by atoms with van der Waals surface area (Å²) in [4.78, 5) is 35.7. The van der Waals surface area contributed by atoms with E-state index in [1.54, 1.807) is 6.07 Å². The Balaban J connectivity index is 2.59. The van der Waals surface area contributed by atoms with Crippen molar-refractivity contribution in [3.05, 3.63) is 70.2 Å². The van der Waals surface area contributed by atoms with Crippen molar-refractivity contribution in [3.8, 4) is 0 Å². The van der Waals surface area contributed by atoms with Gasteiger partial charge in [-0.1, -0.05) is 30.3 Å². The van der Waals surface area contributed by atoms with Crippen LogP contribution in [0.4, 0.5) is 4.39 Å². The molecule has 1 aromatic heterocycles. The minimum absolute atomic E-state index is 0.101. The zero-order valence-corrected chi connectivity index (χ0v) is 14.3. The lowest BCUT2D eigenvalue weighted by atomic mass is 9.81. The maximum atomic E-state index is 16.0. The normalized spacial score (nSPS) is 14.5. The van der Waals surface area contributed by atoms with Gasteiger partial charge in [0.05, 0.1) is 12.4 Å². The number of nitro groups is 1. The highest BCUT2D eigenvalue weighted by molar-refractivity contribution is 6.16. The number of ether oxygens (including phenoxy) is 1. The third-order valence-corrected chi connectivity index (χ3v) is 3.70. The number of esters is 1. The van der Waals surface area contributed by atoms with Crippen molar-refractivity contribution >= 4 is 11.8 Å². The van der Waals surface area contributed by atoms with Gasteiger partial charge >= 0.3 is 5.97 Å². The molecule has 0 saturated heterocycles. The summed E-state index contributed by atoms with van der Waals surface area (Å²) >= 11 is 0. The number of ketones is 1. The van der Waals surface area contributed by atoms with Crippen molar-refractivity contribution in [3.63, 3.8) is 0 Å². The molecule has 2 aromatic rings. The smallest absolute Gasteiger partial charge is 0.353 e. The molecule has 0 bridgehead atoms. The number of nitrogens with zero attached hydrogens (tertiary/aromatic N) is 1. The SMILES string of the molecule is CC(C)OC(=O)[C@@](F)(C(=O)c1ccccc1)[C@@H](C[N+](=O)[O-])c1ccco1. The molecule has 7 nitrogen and oxygen atoms in total. The van der Waals surface area contributed by atoms with E-state index in [9.17, 15) is 19.7 Å². The van der Waals surface area contributed by atoms with E-state index in [2.05, 4.69) is 0 Å². The van der Waals surface area contributed by atoms with E-state index >= 15 is 4.39 Å². The molecule has 2 rings (SSSR count).